The third-order valence-corrected chi connectivity index (χ3v) is 5.29. The molecule has 9 heteroatoms. The summed E-state index contributed by atoms with van der Waals surface area (Å²) in [5.41, 5.74) is 1.39. The summed E-state index contributed by atoms with van der Waals surface area (Å²) in [5.74, 6) is -1.35. The van der Waals surface area contributed by atoms with Crippen molar-refractivity contribution in [3.05, 3.63) is 47.7 Å². The monoisotopic (exact) mass is 426 g/mol. The standard InChI is InChI=1S/C22H30N6O3/c1-13-11-17(25-20(31)19(30)23-14(2)15-9-7-6-8-10-15)28(27-13)21-24-16(22(3,4)5)12-18(29)26-21/h6-11,14,16,21,24H,12H2,1-5H3,(H,23,30)(H,25,31)(H,26,29). The topological polar surface area (TPSA) is 117 Å². The number of carbonyl (C=O) groups is 3. The Morgan fingerprint density at radius 3 is 2.52 bits per heavy atom. The fraction of sp³-hybridized carbons (Fsp3) is 0.455. The molecule has 1 aromatic carbocycles. The van der Waals surface area contributed by atoms with Crippen LogP contribution in [0.3, 0.4) is 0 Å². The van der Waals surface area contributed by atoms with E-state index in [-0.39, 0.29) is 23.4 Å². The maximum absolute atomic E-state index is 12.5. The fourth-order valence-corrected chi connectivity index (χ4v) is 3.44. The molecule has 166 valence electrons. The first-order valence-electron chi connectivity index (χ1n) is 10.3. The lowest BCUT2D eigenvalue weighted by Gasteiger charge is -2.39. The second kappa shape index (κ2) is 8.89. The first-order valence-corrected chi connectivity index (χ1v) is 10.3. The molecule has 1 aromatic heterocycles. The van der Waals surface area contributed by atoms with Crippen LogP contribution in [-0.4, -0.2) is 33.5 Å². The molecular weight excluding hydrogens is 396 g/mol. The minimum absolute atomic E-state index is 0.0747. The van der Waals surface area contributed by atoms with Gasteiger partial charge in [-0.3, -0.25) is 19.7 Å². The number of amides is 3. The number of benzene rings is 1. The molecule has 0 bridgehead atoms. The van der Waals surface area contributed by atoms with E-state index in [4.69, 9.17) is 0 Å². The summed E-state index contributed by atoms with van der Waals surface area (Å²) >= 11 is 0. The highest BCUT2D eigenvalue weighted by molar-refractivity contribution is 6.39. The second-order valence-electron chi connectivity index (χ2n) is 8.93. The van der Waals surface area contributed by atoms with Gasteiger partial charge in [0.2, 0.25) is 5.91 Å². The molecule has 9 nitrogen and oxygen atoms in total. The fourth-order valence-electron chi connectivity index (χ4n) is 3.44. The Hall–Kier alpha value is -3.20. The van der Waals surface area contributed by atoms with Crippen LogP contribution in [0.2, 0.25) is 0 Å². The summed E-state index contributed by atoms with van der Waals surface area (Å²) in [6, 6.07) is 10.6. The molecule has 0 spiro atoms. The van der Waals surface area contributed by atoms with Gasteiger partial charge in [0, 0.05) is 18.5 Å². The van der Waals surface area contributed by atoms with E-state index < -0.39 is 18.1 Å². The first-order chi connectivity index (χ1) is 14.5. The van der Waals surface area contributed by atoms with Crippen molar-refractivity contribution >= 4 is 23.5 Å². The molecule has 3 rings (SSSR count). The highest BCUT2D eigenvalue weighted by Gasteiger charge is 2.35. The van der Waals surface area contributed by atoms with E-state index in [1.807, 2.05) is 37.3 Å². The van der Waals surface area contributed by atoms with Crippen LogP contribution in [-0.2, 0) is 14.4 Å². The number of hydrogen-bond acceptors (Lipinski definition) is 5. The minimum atomic E-state index is -0.807. The molecule has 3 atom stereocenters. The predicted molar refractivity (Wildman–Crippen MR) is 117 cm³/mol. The largest absolute Gasteiger partial charge is 0.341 e. The van der Waals surface area contributed by atoms with Gasteiger partial charge < -0.3 is 16.0 Å². The number of rotatable bonds is 4. The van der Waals surface area contributed by atoms with E-state index in [1.165, 1.54) is 4.68 Å². The van der Waals surface area contributed by atoms with Crippen LogP contribution in [0.1, 0.15) is 57.7 Å². The van der Waals surface area contributed by atoms with E-state index in [0.29, 0.717) is 17.9 Å². The van der Waals surface area contributed by atoms with E-state index in [9.17, 15) is 14.4 Å². The smallest absolute Gasteiger partial charge is 0.314 e. The van der Waals surface area contributed by atoms with Crippen molar-refractivity contribution in [2.75, 3.05) is 5.32 Å². The first kappa shape index (κ1) is 22.5. The van der Waals surface area contributed by atoms with Crippen molar-refractivity contribution in [1.82, 2.24) is 25.7 Å². The number of nitrogens with one attached hydrogen (secondary N) is 4. The van der Waals surface area contributed by atoms with Gasteiger partial charge in [-0.15, -0.1) is 0 Å². The van der Waals surface area contributed by atoms with Crippen molar-refractivity contribution in [3.8, 4) is 0 Å². The third-order valence-electron chi connectivity index (χ3n) is 5.29. The molecule has 3 unspecified atom stereocenters. The van der Waals surface area contributed by atoms with Crippen LogP contribution < -0.4 is 21.3 Å². The van der Waals surface area contributed by atoms with Crippen molar-refractivity contribution in [2.45, 2.75) is 59.4 Å². The molecule has 0 radical (unpaired) electrons. The Kier molecular flexibility index (Phi) is 6.45. The number of nitrogens with zero attached hydrogens (tertiary/aromatic N) is 2. The zero-order valence-electron chi connectivity index (χ0n) is 18.5. The Balaban J connectivity index is 1.72. The highest BCUT2D eigenvalue weighted by Crippen LogP contribution is 2.27. The number of aryl methyl sites for hydroxylation is 1. The number of hydrogen-bond donors (Lipinski definition) is 4. The van der Waals surface area contributed by atoms with Gasteiger partial charge in [-0.1, -0.05) is 51.1 Å². The quantitative estimate of drug-likeness (QED) is 0.558. The molecule has 2 aromatic rings. The number of aromatic nitrogens is 2. The normalized spacial score (nSPS) is 20.0. The van der Waals surface area contributed by atoms with Gasteiger partial charge in [0.15, 0.2) is 6.29 Å². The van der Waals surface area contributed by atoms with Gasteiger partial charge in [-0.2, -0.15) is 5.10 Å². The molecular formula is C22H30N6O3. The predicted octanol–water partition coefficient (Wildman–Crippen LogP) is 1.99. The molecule has 4 N–H and O–H groups in total. The van der Waals surface area contributed by atoms with E-state index in [0.717, 1.165) is 5.56 Å². The summed E-state index contributed by atoms with van der Waals surface area (Å²) in [5, 5.41) is 15.9. The molecule has 1 aliphatic rings. The Morgan fingerprint density at radius 2 is 1.87 bits per heavy atom. The lowest BCUT2D eigenvalue weighted by molar-refractivity contribution is -0.136. The summed E-state index contributed by atoms with van der Waals surface area (Å²) in [6.07, 6.45) is -0.289. The average Bonchev–Trinajstić information content (AvgIpc) is 3.07. The average molecular weight is 427 g/mol. The van der Waals surface area contributed by atoms with Crippen molar-refractivity contribution in [1.29, 1.82) is 0 Å². The molecule has 1 aliphatic heterocycles. The minimum Gasteiger partial charge on any atom is -0.341 e. The van der Waals surface area contributed by atoms with Crippen LogP contribution in [0.4, 0.5) is 5.82 Å². The highest BCUT2D eigenvalue weighted by atomic mass is 16.2. The number of anilines is 1. The van der Waals surface area contributed by atoms with Crippen LogP contribution in [0.15, 0.2) is 36.4 Å². The van der Waals surface area contributed by atoms with Gasteiger partial charge in [0.1, 0.15) is 5.82 Å². The zero-order chi connectivity index (χ0) is 22.8. The molecule has 1 fully saturated rings. The molecule has 0 saturated carbocycles. The molecule has 31 heavy (non-hydrogen) atoms. The van der Waals surface area contributed by atoms with Crippen molar-refractivity contribution in [2.24, 2.45) is 5.41 Å². The molecule has 2 heterocycles. The number of carbonyl (C=O) groups excluding carboxylic acids is 3. The Bertz CT molecular complexity index is 963. The third kappa shape index (κ3) is 5.49. The van der Waals surface area contributed by atoms with Crippen LogP contribution in [0, 0.1) is 12.3 Å². The van der Waals surface area contributed by atoms with Crippen molar-refractivity contribution in [3.63, 3.8) is 0 Å². The van der Waals surface area contributed by atoms with Gasteiger partial charge >= 0.3 is 11.8 Å². The van der Waals surface area contributed by atoms with Gasteiger partial charge in [0.25, 0.3) is 0 Å². The van der Waals surface area contributed by atoms with Crippen LogP contribution >= 0.6 is 0 Å². The summed E-state index contributed by atoms with van der Waals surface area (Å²) in [7, 11) is 0. The second-order valence-corrected chi connectivity index (χ2v) is 8.93. The van der Waals surface area contributed by atoms with Gasteiger partial charge in [-0.05, 0) is 24.8 Å². The molecule has 1 saturated heterocycles. The summed E-state index contributed by atoms with van der Waals surface area (Å²) in [4.78, 5) is 37.2. The van der Waals surface area contributed by atoms with E-state index in [1.54, 1.807) is 13.0 Å². The maximum Gasteiger partial charge on any atom is 0.314 e. The van der Waals surface area contributed by atoms with Crippen LogP contribution in [0.5, 0.6) is 0 Å². The Morgan fingerprint density at radius 1 is 1.19 bits per heavy atom. The lowest BCUT2D eigenvalue weighted by atomic mass is 9.84. The SMILES string of the molecule is Cc1cc(NC(=O)C(=O)NC(C)c2ccccc2)n(C2NC(=O)CC(C(C)(C)C)N2)n1. The van der Waals surface area contributed by atoms with E-state index in [2.05, 4.69) is 47.1 Å². The van der Waals surface area contributed by atoms with Crippen LogP contribution in [0.25, 0.3) is 0 Å². The summed E-state index contributed by atoms with van der Waals surface area (Å²) < 4.78 is 1.48. The lowest BCUT2D eigenvalue weighted by Crippen LogP contribution is -2.57. The zero-order valence-corrected chi connectivity index (χ0v) is 18.5. The van der Waals surface area contributed by atoms with E-state index >= 15 is 0 Å². The summed E-state index contributed by atoms with van der Waals surface area (Å²) in [6.45, 7) is 9.74. The Labute approximate surface area is 182 Å². The van der Waals surface area contributed by atoms with Gasteiger partial charge in [-0.25, -0.2) is 4.68 Å². The van der Waals surface area contributed by atoms with Crippen molar-refractivity contribution < 1.29 is 14.4 Å². The van der Waals surface area contributed by atoms with Gasteiger partial charge in [0.05, 0.1) is 11.7 Å². The maximum atomic E-state index is 12.5. The molecule has 3 amide bonds. The molecule has 0 aliphatic carbocycles.